The zero-order valence-electron chi connectivity index (χ0n) is 16.1. The van der Waals surface area contributed by atoms with Gasteiger partial charge in [-0.1, -0.05) is 19.1 Å². The molecule has 0 aliphatic heterocycles. The van der Waals surface area contributed by atoms with E-state index in [4.69, 9.17) is 0 Å². The molecular formula is C22H21F2N3O2. The van der Waals surface area contributed by atoms with Gasteiger partial charge in [0.15, 0.2) is 0 Å². The Morgan fingerprint density at radius 3 is 2.66 bits per heavy atom. The lowest BCUT2D eigenvalue weighted by molar-refractivity contribution is -0.119. The number of aliphatic hydroxyl groups is 1. The summed E-state index contributed by atoms with van der Waals surface area (Å²) >= 11 is 0. The van der Waals surface area contributed by atoms with Crippen LogP contribution in [-0.4, -0.2) is 26.9 Å². The normalized spacial score (nSPS) is 18.4. The van der Waals surface area contributed by atoms with Crippen molar-refractivity contribution in [3.63, 3.8) is 0 Å². The Balaban J connectivity index is 1.58. The largest absolute Gasteiger partial charge is 0.387 e. The van der Waals surface area contributed by atoms with Crippen molar-refractivity contribution in [2.24, 2.45) is 5.92 Å². The Labute approximate surface area is 166 Å². The third-order valence-electron chi connectivity index (χ3n) is 5.29. The van der Waals surface area contributed by atoms with Crippen LogP contribution in [0.4, 0.5) is 14.6 Å². The zero-order valence-corrected chi connectivity index (χ0v) is 16.1. The second-order valence-corrected chi connectivity index (χ2v) is 7.49. The fourth-order valence-electron chi connectivity index (χ4n) is 3.36. The van der Waals surface area contributed by atoms with Crippen LogP contribution in [0.2, 0.25) is 0 Å². The number of benzene rings is 1. The summed E-state index contributed by atoms with van der Waals surface area (Å²) in [6, 6.07) is 9.34. The number of aryl methyl sites for hydroxylation is 1. The number of nitrogens with one attached hydrogen (secondary N) is 1. The van der Waals surface area contributed by atoms with Gasteiger partial charge in [0.2, 0.25) is 5.91 Å². The van der Waals surface area contributed by atoms with Gasteiger partial charge in [0, 0.05) is 29.8 Å². The van der Waals surface area contributed by atoms with Gasteiger partial charge in [0.25, 0.3) is 5.92 Å². The number of pyridine rings is 2. The van der Waals surface area contributed by atoms with E-state index < -0.39 is 30.3 Å². The minimum absolute atomic E-state index is 0.258. The Kier molecular flexibility index (Phi) is 4.78. The number of hydrogen-bond acceptors (Lipinski definition) is 4. The first-order valence-electron chi connectivity index (χ1n) is 9.52. The molecule has 2 atom stereocenters. The van der Waals surface area contributed by atoms with Gasteiger partial charge in [0.05, 0.1) is 11.8 Å². The summed E-state index contributed by atoms with van der Waals surface area (Å²) in [5.41, 5.74) is 3.56. The molecule has 1 aliphatic carbocycles. The van der Waals surface area contributed by atoms with E-state index in [-0.39, 0.29) is 5.82 Å². The maximum Gasteiger partial charge on any atom is 0.260 e. The fraction of sp³-hybridized carbons (Fsp3) is 0.318. The van der Waals surface area contributed by atoms with Crippen LogP contribution in [0.25, 0.3) is 21.9 Å². The smallest absolute Gasteiger partial charge is 0.260 e. The Morgan fingerprint density at radius 1 is 1.24 bits per heavy atom. The average molecular weight is 397 g/mol. The number of carbonyl (C=O) groups is 1. The van der Waals surface area contributed by atoms with E-state index in [1.54, 1.807) is 18.5 Å². The van der Waals surface area contributed by atoms with Crippen LogP contribution in [0.5, 0.6) is 0 Å². The van der Waals surface area contributed by atoms with Crippen molar-refractivity contribution in [1.29, 1.82) is 0 Å². The molecule has 29 heavy (non-hydrogen) atoms. The maximum absolute atomic E-state index is 13.0. The van der Waals surface area contributed by atoms with E-state index in [9.17, 15) is 18.7 Å². The van der Waals surface area contributed by atoms with Crippen LogP contribution < -0.4 is 5.32 Å². The fourth-order valence-corrected chi connectivity index (χ4v) is 3.36. The van der Waals surface area contributed by atoms with Crippen molar-refractivity contribution in [2.75, 3.05) is 5.32 Å². The zero-order chi connectivity index (χ0) is 20.8. The molecule has 3 aromatic rings. The summed E-state index contributed by atoms with van der Waals surface area (Å²) in [4.78, 5) is 20.4. The minimum atomic E-state index is -2.90. The summed E-state index contributed by atoms with van der Waals surface area (Å²) in [7, 11) is 0. The van der Waals surface area contributed by atoms with Gasteiger partial charge in [0.1, 0.15) is 11.7 Å². The number of halogens is 2. The van der Waals surface area contributed by atoms with Crippen molar-refractivity contribution >= 4 is 22.5 Å². The minimum Gasteiger partial charge on any atom is -0.387 e. The standard InChI is InChI=1S/C22H21F2N3O2/c1-3-19(28)18-6-12(2)16(11-25-18)14-5-4-13-8-20(26-10-15(13)7-14)27-21(29)17-9-22(17,23)24/h4-8,10-11,17,19,28H,3,9H2,1-2H3,(H,26,27,29)/t17-,19+/m1/s1. The summed E-state index contributed by atoms with van der Waals surface area (Å²) in [5, 5.41) is 14.1. The lowest BCUT2D eigenvalue weighted by Gasteiger charge is -2.12. The molecule has 5 nitrogen and oxygen atoms in total. The number of nitrogens with zero attached hydrogens (tertiary/aromatic N) is 2. The molecule has 1 aliphatic rings. The third kappa shape index (κ3) is 3.82. The van der Waals surface area contributed by atoms with Crippen LogP contribution in [0, 0.1) is 12.8 Å². The van der Waals surface area contributed by atoms with E-state index in [2.05, 4.69) is 15.3 Å². The van der Waals surface area contributed by atoms with E-state index in [1.807, 2.05) is 38.1 Å². The number of aliphatic hydroxyl groups excluding tert-OH is 1. The number of fused-ring (bicyclic) bond motifs is 1. The highest BCUT2D eigenvalue weighted by Gasteiger charge is 2.61. The molecule has 0 saturated heterocycles. The molecule has 2 N–H and O–H groups in total. The molecule has 1 fully saturated rings. The molecule has 0 spiro atoms. The summed E-state index contributed by atoms with van der Waals surface area (Å²) < 4.78 is 26.1. The highest BCUT2D eigenvalue weighted by atomic mass is 19.3. The van der Waals surface area contributed by atoms with Gasteiger partial charge in [-0.25, -0.2) is 13.8 Å². The van der Waals surface area contributed by atoms with Crippen molar-refractivity contribution in [1.82, 2.24) is 9.97 Å². The quantitative estimate of drug-likeness (QED) is 0.658. The molecule has 1 amide bonds. The molecule has 0 radical (unpaired) electrons. The first-order valence-corrected chi connectivity index (χ1v) is 9.52. The first-order chi connectivity index (χ1) is 13.8. The van der Waals surface area contributed by atoms with Crippen LogP contribution in [-0.2, 0) is 4.79 Å². The van der Waals surface area contributed by atoms with Gasteiger partial charge in [-0.3, -0.25) is 9.78 Å². The van der Waals surface area contributed by atoms with E-state index in [1.165, 1.54) is 0 Å². The van der Waals surface area contributed by atoms with Gasteiger partial charge in [-0.15, -0.1) is 0 Å². The average Bonchev–Trinajstić information content (AvgIpc) is 3.35. The van der Waals surface area contributed by atoms with Gasteiger partial charge < -0.3 is 10.4 Å². The van der Waals surface area contributed by atoms with Gasteiger partial charge in [-0.05, 0) is 48.1 Å². The van der Waals surface area contributed by atoms with Crippen LogP contribution >= 0.6 is 0 Å². The number of carbonyl (C=O) groups excluding carboxylic acids is 1. The Bertz CT molecular complexity index is 1100. The molecule has 0 bridgehead atoms. The molecule has 1 saturated carbocycles. The lowest BCUT2D eigenvalue weighted by atomic mass is 9.99. The van der Waals surface area contributed by atoms with E-state index >= 15 is 0 Å². The highest BCUT2D eigenvalue weighted by molar-refractivity contribution is 5.96. The van der Waals surface area contributed by atoms with Gasteiger partial charge >= 0.3 is 0 Å². The molecule has 1 aromatic carbocycles. The molecule has 150 valence electrons. The number of anilines is 1. The van der Waals surface area contributed by atoms with Crippen molar-refractivity contribution in [3.05, 3.63) is 54.0 Å². The number of aromatic nitrogens is 2. The monoisotopic (exact) mass is 397 g/mol. The SMILES string of the molecule is CC[C@H](O)c1cc(C)c(-c2ccc3cc(NC(=O)[C@H]4CC4(F)F)ncc3c2)cn1. The molecule has 4 rings (SSSR count). The maximum atomic E-state index is 13.0. The van der Waals surface area contributed by atoms with E-state index in [0.717, 1.165) is 27.5 Å². The number of amides is 1. The van der Waals surface area contributed by atoms with Crippen LogP contribution in [0.15, 0.2) is 42.7 Å². The summed E-state index contributed by atoms with van der Waals surface area (Å²) in [6.07, 6.45) is 2.98. The van der Waals surface area contributed by atoms with Crippen molar-refractivity contribution in [3.8, 4) is 11.1 Å². The molecule has 2 aromatic heterocycles. The van der Waals surface area contributed by atoms with Crippen molar-refractivity contribution in [2.45, 2.75) is 38.7 Å². The second-order valence-electron chi connectivity index (χ2n) is 7.49. The number of rotatable bonds is 5. The molecule has 7 heteroatoms. The molecule has 0 unspecified atom stereocenters. The predicted octanol–water partition coefficient (Wildman–Crippen LogP) is 4.64. The molecule has 2 heterocycles. The lowest BCUT2D eigenvalue weighted by Crippen LogP contribution is -2.18. The Morgan fingerprint density at radius 2 is 2.00 bits per heavy atom. The second kappa shape index (κ2) is 7.15. The summed E-state index contributed by atoms with van der Waals surface area (Å²) in [6.45, 7) is 3.87. The third-order valence-corrected chi connectivity index (χ3v) is 5.29. The van der Waals surface area contributed by atoms with Gasteiger partial charge in [-0.2, -0.15) is 0 Å². The van der Waals surface area contributed by atoms with Crippen LogP contribution in [0.1, 0.15) is 37.1 Å². The number of alkyl halides is 2. The van der Waals surface area contributed by atoms with E-state index in [0.29, 0.717) is 12.1 Å². The topological polar surface area (TPSA) is 75.1 Å². The predicted molar refractivity (Wildman–Crippen MR) is 107 cm³/mol. The van der Waals surface area contributed by atoms with Crippen LogP contribution in [0.3, 0.4) is 0 Å². The number of hydrogen-bond donors (Lipinski definition) is 2. The Hall–Kier alpha value is -2.93. The highest BCUT2D eigenvalue weighted by Crippen LogP contribution is 2.49. The van der Waals surface area contributed by atoms with Crippen molar-refractivity contribution < 1.29 is 18.7 Å². The summed E-state index contributed by atoms with van der Waals surface area (Å²) in [5.74, 6) is -4.60. The molecular weight excluding hydrogens is 376 g/mol. The first kappa shape index (κ1) is 19.4.